The monoisotopic (exact) mass is 496 g/mol. The summed E-state index contributed by atoms with van der Waals surface area (Å²) in [7, 11) is 1.83. The van der Waals surface area contributed by atoms with Crippen LogP contribution in [0.2, 0.25) is 0 Å². The van der Waals surface area contributed by atoms with Crippen molar-refractivity contribution in [1.29, 1.82) is 0 Å². The number of hydrogen-bond donors (Lipinski definition) is 0. The summed E-state index contributed by atoms with van der Waals surface area (Å²) in [5.74, 6) is 0.333. The van der Waals surface area contributed by atoms with Crippen molar-refractivity contribution in [3.05, 3.63) is 108 Å². The van der Waals surface area contributed by atoms with Crippen LogP contribution in [0.4, 0.5) is 0 Å². The minimum atomic E-state index is -0.412. The fraction of sp³-hybridized carbons (Fsp3) is 0.226. The van der Waals surface area contributed by atoms with Crippen molar-refractivity contribution in [3.63, 3.8) is 0 Å². The Morgan fingerprint density at radius 2 is 1.65 bits per heavy atom. The number of carbonyl (C=O) groups excluding carboxylic acids is 2. The van der Waals surface area contributed by atoms with Gasteiger partial charge in [-0.25, -0.2) is 4.79 Å². The van der Waals surface area contributed by atoms with Crippen molar-refractivity contribution in [2.75, 3.05) is 20.2 Å². The van der Waals surface area contributed by atoms with Crippen LogP contribution in [0.25, 0.3) is 17.1 Å². The first kappa shape index (κ1) is 25.8. The zero-order valence-corrected chi connectivity index (χ0v) is 21.3. The van der Waals surface area contributed by atoms with Gasteiger partial charge in [0.1, 0.15) is 12.4 Å². The van der Waals surface area contributed by atoms with Crippen LogP contribution in [0.3, 0.4) is 0 Å². The molecule has 4 rings (SSSR count). The summed E-state index contributed by atoms with van der Waals surface area (Å²) in [6.45, 7) is 3.17. The number of ether oxygens (including phenoxy) is 2. The summed E-state index contributed by atoms with van der Waals surface area (Å²) >= 11 is 0. The van der Waals surface area contributed by atoms with E-state index < -0.39 is 5.97 Å². The van der Waals surface area contributed by atoms with Crippen molar-refractivity contribution in [1.82, 2.24) is 9.47 Å². The van der Waals surface area contributed by atoms with E-state index >= 15 is 0 Å². The van der Waals surface area contributed by atoms with E-state index in [1.807, 2.05) is 84.5 Å². The Labute approximate surface area is 217 Å². The Kier molecular flexibility index (Phi) is 8.76. The smallest absolute Gasteiger partial charge is 0.332 e. The molecule has 0 fully saturated rings. The molecule has 3 aromatic carbocycles. The fourth-order valence-corrected chi connectivity index (χ4v) is 4.09. The van der Waals surface area contributed by atoms with Crippen LogP contribution in [0.1, 0.15) is 23.6 Å². The topological polar surface area (TPSA) is 60.8 Å². The number of nitrogens with zero attached hydrogens (tertiary/aromatic N) is 2. The van der Waals surface area contributed by atoms with Crippen LogP contribution in [0.5, 0.6) is 5.75 Å². The third-order valence-corrected chi connectivity index (χ3v) is 6.14. The second kappa shape index (κ2) is 12.6. The lowest BCUT2D eigenvalue weighted by molar-refractivity contribution is -0.137. The maximum Gasteiger partial charge on any atom is 0.332 e. The lowest BCUT2D eigenvalue weighted by Crippen LogP contribution is -2.30. The summed E-state index contributed by atoms with van der Waals surface area (Å²) < 4.78 is 12.9. The number of likely N-dealkylation sites (N-methyl/N-ethyl adjacent to an activating group) is 1. The number of fused-ring (bicyclic) bond motifs is 1. The molecule has 0 spiro atoms. The van der Waals surface area contributed by atoms with E-state index in [-0.39, 0.29) is 12.3 Å². The zero-order chi connectivity index (χ0) is 26.0. The van der Waals surface area contributed by atoms with Crippen molar-refractivity contribution >= 4 is 29.0 Å². The lowest BCUT2D eigenvalue weighted by atomic mass is 10.1. The summed E-state index contributed by atoms with van der Waals surface area (Å²) in [5, 5.41) is 0.906. The van der Waals surface area contributed by atoms with Gasteiger partial charge in [-0.05, 0) is 48.2 Å². The number of esters is 1. The molecule has 0 unspecified atom stereocenters. The Bertz CT molecular complexity index is 1360. The standard InChI is InChI=1S/C31H32N2O4/c1-3-36-31(35)17-19-33-22-26(20-30(34)32(2)18-16-24-10-6-4-7-11-24)28-21-27(14-15-29(28)33)37-23-25-12-8-5-9-13-25/h4-15,17,19,21-22H,3,16,18,20,23H2,1-2H3. The maximum atomic E-state index is 13.1. The SMILES string of the molecule is CCOC(=O)C=Cn1cc(CC(=O)N(C)CCc2ccccc2)c2cc(OCc3ccccc3)ccc21. The zero-order valence-electron chi connectivity index (χ0n) is 21.3. The quantitative estimate of drug-likeness (QED) is 0.203. The van der Waals surface area contributed by atoms with E-state index in [2.05, 4.69) is 12.1 Å². The van der Waals surface area contributed by atoms with Crippen molar-refractivity contribution in [2.45, 2.75) is 26.4 Å². The second-order valence-electron chi connectivity index (χ2n) is 8.81. The van der Waals surface area contributed by atoms with Gasteiger partial charge in [0, 0.05) is 37.5 Å². The Balaban J connectivity index is 1.54. The van der Waals surface area contributed by atoms with Gasteiger partial charge in [-0.1, -0.05) is 60.7 Å². The van der Waals surface area contributed by atoms with Crippen molar-refractivity contribution < 1.29 is 19.1 Å². The first-order valence-corrected chi connectivity index (χ1v) is 12.5. The Hall–Kier alpha value is -4.32. The number of benzene rings is 3. The first-order valence-electron chi connectivity index (χ1n) is 12.5. The van der Waals surface area contributed by atoms with Crippen LogP contribution in [0.15, 0.2) is 91.1 Å². The molecule has 6 nitrogen and oxygen atoms in total. The van der Waals surface area contributed by atoms with Crippen molar-refractivity contribution in [3.8, 4) is 5.75 Å². The van der Waals surface area contributed by atoms with Gasteiger partial charge in [0.15, 0.2) is 0 Å². The predicted octanol–water partition coefficient (Wildman–Crippen LogP) is 5.50. The molecule has 190 valence electrons. The van der Waals surface area contributed by atoms with E-state index in [1.54, 1.807) is 18.0 Å². The Morgan fingerprint density at radius 3 is 2.35 bits per heavy atom. The number of amides is 1. The van der Waals surface area contributed by atoms with Crippen LogP contribution in [-0.2, 0) is 33.8 Å². The van der Waals surface area contributed by atoms with E-state index in [4.69, 9.17) is 9.47 Å². The summed E-state index contributed by atoms with van der Waals surface area (Å²) in [5.41, 5.74) is 4.02. The molecule has 0 radical (unpaired) electrons. The average Bonchev–Trinajstić information content (AvgIpc) is 3.27. The van der Waals surface area contributed by atoms with Gasteiger partial charge < -0.3 is 18.9 Å². The average molecular weight is 497 g/mol. The maximum absolute atomic E-state index is 13.1. The molecule has 0 saturated heterocycles. The molecule has 1 aromatic heterocycles. The van der Waals surface area contributed by atoms with E-state index in [0.717, 1.165) is 34.2 Å². The molecule has 1 heterocycles. The predicted molar refractivity (Wildman–Crippen MR) is 146 cm³/mol. The van der Waals surface area contributed by atoms with Gasteiger partial charge >= 0.3 is 5.97 Å². The largest absolute Gasteiger partial charge is 0.489 e. The lowest BCUT2D eigenvalue weighted by Gasteiger charge is -2.17. The molecule has 0 saturated carbocycles. The van der Waals surface area contributed by atoms with Gasteiger partial charge in [-0.15, -0.1) is 0 Å². The third kappa shape index (κ3) is 7.10. The number of rotatable bonds is 11. The van der Waals surface area contributed by atoms with Crippen LogP contribution < -0.4 is 4.74 Å². The van der Waals surface area contributed by atoms with Gasteiger partial charge in [0.2, 0.25) is 5.91 Å². The van der Waals surface area contributed by atoms with Gasteiger partial charge in [0.05, 0.1) is 18.5 Å². The van der Waals surface area contributed by atoms with E-state index in [9.17, 15) is 9.59 Å². The summed E-state index contributed by atoms with van der Waals surface area (Å²) in [6.07, 6.45) is 5.98. The van der Waals surface area contributed by atoms with E-state index in [1.165, 1.54) is 11.6 Å². The fourth-order valence-electron chi connectivity index (χ4n) is 4.09. The van der Waals surface area contributed by atoms with Gasteiger partial charge in [-0.2, -0.15) is 0 Å². The molecule has 0 atom stereocenters. The van der Waals surface area contributed by atoms with Gasteiger partial charge in [-0.3, -0.25) is 4.79 Å². The number of hydrogen-bond acceptors (Lipinski definition) is 4. The molecular weight excluding hydrogens is 464 g/mol. The highest BCUT2D eigenvalue weighted by atomic mass is 16.5. The molecule has 0 aliphatic carbocycles. The first-order chi connectivity index (χ1) is 18.0. The third-order valence-electron chi connectivity index (χ3n) is 6.14. The van der Waals surface area contributed by atoms with Crippen LogP contribution in [0, 0.1) is 0 Å². The van der Waals surface area contributed by atoms with E-state index in [0.29, 0.717) is 19.8 Å². The number of aromatic nitrogens is 1. The number of carbonyl (C=O) groups is 2. The Morgan fingerprint density at radius 1 is 0.946 bits per heavy atom. The highest BCUT2D eigenvalue weighted by Gasteiger charge is 2.16. The minimum Gasteiger partial charge on any atom is -0.489 e. The summed E-state index contributed by atoms with van der Waals surface area (Å²) in [4.78, 5) is 26.8. The molecule has 6 heteroatoms. The normalized spacial score (nSPS) is 11.1. The second-order valence-corrected chi connectivity index (χ2v) is 8.81. The molecule has 0 N–H and O–H groups in total. The molecule has 0 bridgehead atoms. The molecule has 1 amide bonds. The highest BCUT2D eigenvalue weighted by Crippen LogP contribution is 2.28. The van der Waals surface area contributed by atoms with Gasteiger partial charge in [0.25, 0.3) is 0 Å². The molecule has 0 aliphatic rings. The van der Waals surface area contributed by atoms with Crippen LogP contribution >= 0.6 is 0 Å². The summed E-state index contributed by atoms with van der Waals surface area (Å²) in [6, 6.07) is 25.9. The molecule has 4 aromatic rings. The van der Waals surface area contributed by atoms with Crippen molar-refractivity contribution in [2.24, 2.45) is 0 Å². The minimum absolute atomic E-state index is 0.0277. The molecule has 0 aliphatic heterocycles. The molecule has 37 heavy (non-hydrogen) atoms. The van der Waals surface area contributed by atoms with Crippen LogP contribution in [-0.4, -0.2) is 41.5 Å². The highest BCUT2D eigenvalue weighted by molar-refractivity contribution is 5.92. The molecular formula is C31H32N2O4.